The number of ether oxygens (including phenoxy) is 1. The molecule has 6 nitrogen and oxygen atoms in total. The second kappa shape index (κ2) is 8.01. The summed E-state index contributed by atoms with van der Waals surface area (Å²) >= 11 is 0. The molecule has 0 amide bonds. The molecule has 6 atom stereocenters. The first kappa shape index (κ1) is 21.9. The lowest BCUT2D eigenvalue weighted by atomic mass is 9.60. The van der Waals surface area contributed by atoms with E-state index in [2.05, 4.69) is 0 Å². The Bertz CT molecular complexity index is 935. The summed E-state index contributed by atoms with van der Waals surface area (Å²) in [6.45, 7) is 3.21. The third kappa shape index (κ3) is 3.67. The number of ketones is 1. The number of aliphatic hydroxyl groups excluding tert-OH is 1. The average Bonchev–Trinajstić information content (AvgIpc) is 2.90. The highest BCUT2D eigenvalue weighted by molar-refractivity contribution is 6.04. The number of benzene rings is 1. The molecule has 1 fully saturated rings. The fourth-order valence-electron chi connectivity index (χ4n) is 5.79. The zero-order valence-electron chi connectivity index (χ0n) is 18.0. The van der Waals surface area contributed by atoms with Gasteiger partial charge in [-0.05, 0) is 42.4 Å². The lowest BCUT2D eigenvalue weighted by Crippen LogP contribution is -2.60. The quantitative estimate of drug-likeness (QED) is 0.503. The van der Waals surface area contributed by atoms with Crippen molar-refractivity contribution in [3.63, 3.8) is 0 Å². The number of hydrogen-bond acceptors (Lipinski definition) is 6. The maximum Gasteiger partial charge on any atom is 0.310 e. The summed E-state index contributed by atoms with van der Waals surface area (Å²) in [5.74, 6) is -2.27. The molecule has 1 saturated carbocycles. The van der Waals surface area contributed by atoms with E-state index in [0.717, 1.165) is 5.56 Å². The number of esters is 1. The highest BCUT2D eigenvalue weighted by Crippen LogP contribution is 2.54. The Morgan fingerprint density at radius 2 is 1.87 bits per heavy atom. The summed E-state index contributed by atoms with van der Waals surface area (Å²) in [7, 11) is 0. The third-order valence-corrected chi connectivity index (χ3v) is 7.32. The van der Waals surface area contributed by atoms with Crippen LogP contribution in [0.3, 0.4) is 0 Å². The Morgan fingerprint density at radius 1 is 1.16 bits per heavy atom. The van der Waals surface area contributed by atoms with Gasteiger partial charge in [-0.25, -0.2) is 0 Å². The normalized spacial score (nSPS) is 37.3. The van der Waals surface area contributed by atoms with Crippen molar-refractivity contribution in [3.8, 4) is 0 Å². The van der Waals surface area contributed by atoms with E-state index < -0.39 is 28.8 Å². The van der Waals surface area contributed by atoms with Crippen LogP contribution in [0.2, 0.25) is 0 Å². The fraction of sp³-hybridized carbons (Fsp3) is 0.520. The number of rotatable bonds is 4. The van der Waals surface area contributed by atoms with Gasteiger partial charge in [0, 0.05) is 18.3 Å². The number of Topliss-reactive ketones (excluding diaryl/α,β-unsaturated/α-hetero) is 1. The van der Waals surface area contributed by atoms with Gasteiger partial charge in [0.05, 0.1) is 18.6 Å². The zero-order chi connectivity index (χ0) is 22.4. The maximum absolute atomic E-state index is 12.8. The Kier molecular flexibility index (Phi) is 5.66. The van der Waals surface area contributed by atoms with Crippen LogP contribution in [-0.2, 0) is 20.7 Å². The molecule has 1 aromatic carbocycles. The third-order valence-electron chi connectivity index (χ3n) is 7.32. The van der Waals surface area contributed by atoms with Crippen LogP contribution in [0.4, 0.5) is 0 Å². The second-order valence-electron chi connectivity index (χ2n) is 9.38. The highest BCUT2D eigenvalue weighted by atomic mass is 16.5. The van der Waals surface area contributed by atoms with Crippen molar-refractivity contribution in [2.75, 3.05) is 6.61 Å². The second-order valence-corrected chi connectivity index (χ2v) is 9.38. The number of carbonyl (C=O) groups is 2. The molecule has 31 heavy (non-hydrogen) atoms. The molecule has 3 N–H and O–H groups in total. The van der Waals surface area contributed by atoms with Gasteiger partial charge in [0.2, 0.25) is 0 Å². The van der Waals surface area contributed by atoms with E-state index in [1.54, 1.807) is 19.1 Å². The summed E-state index contributed by atoms with van der Waals surface area (Å²) in [6, 6.07) is 9.38. The van der Waals surface area contributed by atoms with Crippen LogP contribution in [0.25, 0.3) is 0 Å². The van der Waals surface area contributed by atoms with Crippen molar-refractivity contribution in [2.45, 2.75) is 56.8 Å². The molecule has 4 rings (SSSR count). The summed E-state index contributed by atoms with van der Waals surface area (Å²) in [4.78, 5) is 25.3. The predicted molar refractivity (Wildman–Crippen MR) is 114 cm³/mol. The molecule has 0 radical (unpaired) electrons. The van der Waals surface area contributed by atoms with Crippen molar-refractivity contribution < 1.29 is 29.6 Å². The molecule has 0 aliphatic heterocycles. The first-order valence-corrected chi connectivity index (χ1v) is 10.9. The minimum absolute atomic E-state index is 0.00910. The van der Waals surface area contributed by atoms with E-state index in [-0.39, 0.29) is 37.4 Å². The Labute approximate surface area is 182 Å². The van der Waals surface area contributed by atoms with Gasteiger partial charge >= 0.3 is 5.97 Å². The number of aliphatic hydroxyl groups is 3. The largest absolute Gasteiger partial charge is 0.462 e. The van der Waals surface area contributed by atoms with Crippen LogP contribution in [0.15, 0.2) is 53.6 Å². The Hall–Kier alpha value is -2.28. The van der Waals surface area contributed by atoms with Crippen molar-refractivity contribution >= 4 is 11.8 Å². The lowest BCUT2D eigenvalue weighted by molar-refractivity contribution is -0.184. The molecule has 0 aromatic heterocycles. The van der Waals surface area contributed by atoms with E-state index in [1.807, 2.05) is 37.3 Å². The molecule has 1 aromatic rings. The average molecular weight is 427 g/mol. The maximum atomic E-state index is 12.8. The van der Waals surface area contributed by atoms with Gasteiger partial charge in [0.1, 0.15) is 11.7 Å². The van der Waals surface area contributed by atoms with Crippen LogP contribution in [-0.4, -0.2) is 51.0 Å². The summed E-state index contributed by atoms with van der Waals surface area (Å²) in [5, 5.41) is 33.1. The van der Waals surface area contributed by atoms with Gasteiger partial charge in [-0.3, -0.25) is 9.59 Å². The number of hydrogen-bond donors (Lipinski definition) is 3. The van der Waals surface area contributed by atoms with E-state index in [1.165, 1.54) is 0 Å². The van der Waals surface area contributed by atoms with Gasteiger partial charge in [-0.15, -0.1) is 0 Å². The van der Waals surface area contributed by atoms with E-state index >= 15 is 0 Å². The standard InChI is InChI=1S/C25H30O6/c1-15-8-21-24(29,23(15)28)13-18(14-26)10-19-12-20(9-16(2)25(19,21)30)31-22(27)11-17-6-4-3-5-7-17/h3-8,10,16,19-21,26,29-30H,9,11-14H2,1-2H3/t16-,19+,20+,21-,24-,25-/m1/s1. The van der Waals surface area contributed by atoms with E-state index in [0.29, 0.717) is 24.0 Å². The Morgan fingerprint density at radius 3 is 2.55 bits per heavy atom. The minimum Gasteiger partial charge on any atom is -0.462 e. The van der Waals surface area contributed by atoms with Gasteiger partial charge in [-0.1, -0.05) is 49.4 Å². The molecule has 6 heteroatoms. The monoisotopic (exact) mass is 426 g/mol. The molecule has 0 saturated heterocycles. The predicted octanol–water partition coefficient (Wildman–Crippen LogP) is 2.12. The van der Waals surface area contributed by atoms with Gasteiger partial charge in [0.25, 0.3) is 0 Å². The molecule has 0 unspecified atom stereocenters. The highest BCUT2D eigenvalue weighted by Gasteiger charge is 2.63. The molecule has 0 heterocycles. The van der Waals surface area contributed by atoms with Crippen LogP contribution in [0.1, 0.15) is 38.7 Å². The Balaban J connectivity index is 1.59. The number of carbonyl (C=O) groups excluding carboxylic acids is 2. The molecular formula is C25H30O6. The van der Waals surface area contributed by atoms with Crippen LogP contribution < -0.4 is 0 Å². The van der Waals surface area contributed by atoms with E-state index in [9.17, 15) is 24.9 Å². The zero-order valence-corrected chi connectivity index (χ0v) is 18.0. The summed E-state index contributed by atoms with van der Waals surface area (Å²) in [5.41, 5.74) is -1.30. The van der Waals surface area contributed by atoms with Crippen molar-refractivity contribution in [2.24, 2.45) is 17.8 Å². The van der Waals surface area contributed by atoms with Crippen molar-refractivity contribution in [1.29, 1.82) is 0 Å². The SMILES string of the molecule is CC1=C[C@H]2[C@@]3(O)[C@H](C)C[C@H](OC(=O)Cc4ccccc4)C[C@@H]3C=C(CO)C[C@]2(O)C1=O. The first-order chi connectivity index (χ1) is 14.7. The number of fused-ring (bicyclic) bond motifs is 3. The van der Waals surface area contributed by atoms with Crippen LogP contribution in [0, 0.1) is 17.8 Å². The van der Waals surface area contributed by atoms with Gasteiger partial charge in [-0.2, -0.15) is 0 Å². The molecular weight excluding hydrogens is 396 g/mol. The van der Waals surface area contributed by atoms with E-state index in [4.69, 9.17) is 4.74 Å². The molecule has 0 bridgehead atoms. The molecule has 3 aliphatic carbocycles. The topological polar surface area (TPSA) is 104 Å². The lowest BCUT2D eigenvalue weighted by Gasteiger charge is -2.50. The summed E-state index contributed by atoms with van der Waals surface area (Å²) < 4.78 is 5.76. The fourth-order valence-corrected chi connectivity index (χ4v) is 5.79. The van der Waals surface area contributed by atoms with Crippen molar-refractivity contribution in [3.05, 3.63) is 59.2 Å². The molecule has 0 spiro atoms. The van der Waals surface area contributed by atoms with Crippen LogP contribution in [0.5, 0.6) is 0 Å². The molecule has 166 valence electrons. The van der Waals surface area contributed by atoms with Crippen molar-refractivity contribution in [1.82, 2.24) is 0 Å². The van der Waals surface area contributed by atoms with Crippen LogP contribution >= 0.6 is 0 Å². The molecule has 3 aliphatic rings. The van der Waals surface area contributed by atoms with Gasteiger partial charge in [0.15, 0.2) is 5.78 Å². The summed E-state index contributed by atoms with van der Waals surface area (Å²) in [6.07, 6.45) is 4.05. The smallest absolute Gasteiger partial charge is 0.310 e. The first-order valence-electron chi connectivity index (χ1n) is 10.9. The van der Waals surface area contributed by atoms with Gasteiger partial charge < -0.3 is 20.1 Å². The minimum atomic E-state index is -1.76.